The van der Waals surface area contributed by atoms with Crippen LogP contribution in [0.25, 0.3) is 0 Å². The molecule has 1 aliphatic rings. The first kappa shape index (κ1) is 16.6. The fourth-order valence-corrected chi connectivity index (χ4v) is 2.34. The molecule has 0 spiro atoms. The minimum Gasteiger partial charge on any atom is -0.493 e. The number of rotatable bonds is 5. The highest BCUT2D eigenvalue weighted by Crippen LogP contribution is 2.27. The summed E-state index contributed by atoms with van der Waals surface area (Å²) in [5.41, 5.74) is 1.22. The van der Waals surface area contributed by atoms with Gasteiger partial charge in [0.25, 0.3) is 0 Å². The van der Waals surface area contributed by atoms with Gasteiger partial charge in [-0.2, -0.15) is 0 Å². The van der Waals surface area contributed by atoms with Crippen LogP contribution >= 0.6 is 12.4 Å². The van der Waals surface area contributed by atoms with Gasteiger partial charge in [-0.3, -0.25) is 4.99 Å². The lowest BCUT2D eigenvalue weighted by Gasteiger charge is -2.11. The lowest BCUT2D eigenvalue weighted by Crippen LogP contribution is -2.19. The highest BCUT2D eigenvalue weighted by Gasteiger charge is 2.13. The summed E-state index contributed by atoms with van der Waals surface area (Å²) in [7, 11) is 5.43. The van der Waals surface area contributed by atoms with Crippen molar-refractivity contribution in [3.8, 4) is 11.5 Å². The third kappa shape index (κ3) is 4.04. The van der Waals surface area contributed by atoms with E-state index in [1.54, 1.807) is 14.2 Å². The van der Waals surface area contributed by atoms with Crippen LogP contribution in [0.15, 0.2) is 23.2 Å². The SMILES string of the molecule is COc1ccc(CCN=C2CCCN2C)cc1OC.Cl. The second-order valence-corrected chi connectivity index (χ2v) is 4.76. The first-order valence-electron chi connectivity index (χ1n) is 6.70. The third-order valence-corrected chi connectivity index (χ3v) is 3.48. The highest BCUT2D eigenvalue weighted by molar-refractivity contribution is 5.85. The first-order chi connectivity index (χ1) is 9.24. The third-order valence-electron chi connectivity index (χ3n) is 3.48. The average Bonchev–Trinajstić information content (AvgIpc) is 2.84. The Kier molecular flexibility index (Phi) is 6.65. The number of aliphatic imine (C=N–C) groups is 1. The van der Waals surface area contributed by atoms with Crippen LogP contribution in [0.3, 0.4) is 0 Å². The summed E-state index contributed by atoms with van der Waals surface area (Å²) in [4.78, 5) is 6.91. The number of likely N-dealkylation sites (tertiary alicyclic amines) is 1. The molecule has 0 amide bonds. The van der Waals surface area contributed by atoms with Gasteiger partial charge in [0.2, 0.25) is 0 Å². The van der Waals surface area contributed by atoms with Gasteiger partial charge in [0, 0.05) is 26.6 Å². The van der Waals surface area contributed by atoms with E-state index in [1.807, 2.05) is 12.1 Å². The van der Waals surface area contributed by atoms with E-state index in [0.29, 0.717) is 0 Å². The molecule has 4 nitrogen and oxygen atoms in total. The summed E-state index contributed by atoms with van der Waals surface area (Å²) in [6, 6.07) is 6.04. The predicted molar refractivity (Wildman–Crippen MR) is 84.7 cm³/mol. The van der Waals surface area contributed by atoms with Gasteiger partial charge in [-0.25, -0.2) is 0 Å². The zero-order valence-electron chi connectivity index (χ0n) is 12.4. The lowest BCUT2D eigenvalue weighted by molar-refractivity contribution is 0.354. The number of methoxy groups -OCH3 is 2. The van der Waals surface area contributed by atoms with Crippen LogP contribution in [0.2, 0.25) is 0 Å². The maximum absolute atomic E-state index is 5.30. The highest BCUT2D eigenvalue weighted by atomic mass is 35.5. The summed E-state index contributed by atoms with van der Waals surface area (Å²) in [5, 5.41) is 0. The number of halogens is 1. The zero-order chi connectivity index (χ0) is 13.7. The van der Waals surface area contributed by atoms with Crippen molar-refractivity contribution in [3.63, 3.8) is 0 Å². The summed E-state index contributed by atoms with van der Waals surface area (Å²) in [6.45, 7) is 1.96. The molecule has 1 fully saturated rings. The van der Waals surface area contributed by atoms with Crippen molar-refractivity contribution in [2.24, 2.45) is 4.99 Å². The van der Waals surface area contributed by atoms with Crippen molar-refractivity contribution < 1.29 is 9.47 Å². The van der Waals surface area contributed by atoms with E-state index in [4.69, 9.17) is 9.47 Å². The molecule has 2 rings (SSSR count). The van der Waals surface area contributed by atoms with Gasteiger partial charge in [0.15, 0.2) is 11.5 Å². The van der Waals surface area contributed by atoms with E-state index >= 15 is 0 Å². The normalized spacial score (nSPS) is 16.1. The number of hydrogen-bond donors (Lipinski definition) is 0. The number of ether oxygens (including phenoxy) is 2. The summed E-state index contributed by atoms with van der Waals surface area (Å²) in [5.74, 6) is 2.79. The molecular weight excluding hydrogens is 276 g/mol. The molecule has 1 heterocycles. The predicted octanol–water partition coefficient (Wildman–Crippen LogP) is 2.79. The largest absolute Gasteiger partial charge is 0.493 e. The molecule has 1 aromatic carbocycles. The van der Waals surface area contributed by atoms with E-state index in [-0.39, 0.29) is 12.4 Å². The minimum absolute atomic E-state index is 0. The molecule has 0 bridgehead atoms. The van der Waals surface area contributed by atoms with E-state index in [2.05, 4.69) is 23.0 Å². The Morgan fingerprint density at radius 2 is 1.95 bits per heavy atom. The van der Waals surface area contributed by atoms with E-state index in [0.717, 1.165) is 37.4 Å². The maximum Gasteiger partial charge on any atom is 0.160 e. The number of benzene rings is 1. The molecule has 0 aromatic heterocycles. The molecule has 112 valence electrons. The maximum atomic E-state index is 5.30. The quantitative estimate of drug-likeness (QED) is 0.838. The van der Waals surface area contributed by atoms with Gasteiger partial charge in [-0.15, -0.1) is 12.4 Å². The van der Waals surface area contributed by atoms with Gasteiger partial charge < -0.3 is 14.4 Å². The van der Waals surface area contributed by atoms with Crippen LogP contribution < -0.4 is 9.47 Å². The molecule has 1 saturated heterocycles. The van der Waals surface area contributed by atoms with Crippen LogP contribution in [0, 0.1) is 0 Å². The minimum atomic E-state index is 0. The van der Waals surface area contributed by atoms with Crippen LogP contribution in [0.4, 0.5) is 0 Å². The molecule has 1 aromatic rings. The molecule has 20 heavy (non-hydrogen) atoms. The van der Waals surface area contributed by atoms with Crippen molar-refractivity contribution in [3.05, 3.63) is 23.8 Å². The fourth-order valence-electron chi connectivity index (χ4n) is 2.34. The van der Waals surface area contributed by atoms with Crippen LogP contribution in [-0.2, 0) is 6.42 Å². The van der Waals surface area contributed by atoms with Gasteiger partial charge in [0.1, 0.15) is 0 Å². The first-order valence-corrected chi connectivity index (χ1v) is 6.70. The van der Waals surface area contributed by atoms with Crippen molar-refractivity contribution in [1.82, 2.24) is 4.90 Å². The van der Waals surface area contributed by atoms with E-state index < -0.39 is 0 Å². The Balaban J connectivity index is 0.00000200. The standard InChI is InChI=1S/C15H22N2O2.ClH/c1-17-10-4-5-15(17)16-9-8-12-6-7-13(18-2)14(11-12)19-3;/h6-7,11H,4-5,8-10H2,1-3H3;1H. The molecule has 5 heteroatoms. The van der Waals surface area contributed by atoms with E-state index in [9.17, 15) is 0 Å². The van der Waals surface area contributed by atoms with Crippen LogP contribution in [-0.4, -0.2) is 45.1 Å². The lowest BCUT2D eigenvalue weighted by atomic mass is 10.1. The summed E-state index contributed by atoms with van der Waals surface area (Å²) in [6.07, 6.45) is 3.27. The van der Waals surface area contributed by atoms with Crippen molar-refractivity contribution in [1.29, 1.82) is 0 Å². The van der Waals surface area contributed by atoms with Gasteiger partial charge in [-0.1, -0.05) is 6.07 Å². The summed E-state index contributed by atoms with van der Waals surface area (Å²) >= 11 is 0. The Morgan fingerprint density at radius 3 is 2.55 bits per heavy atom. The number of nitrogens with zero attached hydrogens (tertiary/aromatic N) is 2. The number of hydrogen-bond acceptors (Lipinski definition) is 3. The van der Waals surface area contributed by atoms with Gasteiger partial charge in [-0.05, 0) is 30.5 Å². The molecule has 0 atom stereocenters. The van der Waals surface area contributed by atoms with Crippen LogP contribution in [0.5, 0.6) is 11.5 Å². The molecule has 0 saturated carbocycles. The van der Waals surface area contributed by atoms with Crippen molar-refractivity contribution >= 4 is 18.2 Å². The van der Waals surface area contributed by atoms with Gasteiger partial charge >= 0.3 is 0 Å². The molecule has 0 unspecified atom stereocenters. The Morgan fingerprint density at radius 1 is 1.20 bits per heavy atom. The molecule has 1 aliphatic heterocycles. The van der Waals surface area contributed by atoms with Gasteiger partial charge in [0.05, 0.1) is 20.1 Å². The number of amidine groups is 1. The Labute approximate surface area is 127 Å². The Hall–Kier alpha value is -1.42. The topological polar surface area (TPSA) is 34.1 Å². The Bertz CT molecular complexity index is 463. The molecular formula is C15H23ClN2O2. The second kappa shape index (κ2) is 8.00. The smallest absolute Gasteiger partial charge is 0.160 e. The molecule has 0 N–H and O–H groups in total. The average molecular weight is 299 g/mol. The zero-order valence-corrected chi connectivity index (χ0v) is 13.2. The second-order valence-electron chi connectivity index (χ2n) is 4.76. The van der Waals surface area contributed by atoms with Crippen molar-refractivity contribution in [2.45, 2.75) is 19.3 Å². The van der Waals surface area contributed by atoms with Crippen LogP contribution in [0.1, 0.15) is 18.4 Å². The monoisotopic (exact) mass is 298 g/mol. The van der Waals surface area contributed by atoms with E-state index in [1.165, 1.54) is 17.8 Å². The van der Waals surface area contributed by atoms with Crippen molar-refractivity contribution in [2.75, 3.05) is 34.4 Å². The molecule has 0 radical (unpaired) electrons. The summed E-state index contributed by atoms with van der Waals surface area (Å²) < 4.78 is 10.5. The molecule has 0 aliphatic carbocycles. The fraction of sp³-hybridized carbons (Fsp3) is 0.533.